The Morgan fingerprint density at radius 1 is 1.42 bits per heavy atom. The van der Waals surface area contributed by atoms with Gasteiger partial charge < -0.3 is 5.32 Å². The molecule has 0 aliphatic carbocycles. The number of benzene rings is 1. The Hall–Kier alpha value is -2.07. The molecule has 4 nitrogen and oxygen atoms in total. The maximum Gasteiger partial charge on any atom is 0.244 e. The quantitative estimate of drug-likeness (QED) is 0.843. The number of H-pyrrole nitrogens is 1. The number of amides is 1. The van der Waals surface area contributed by atoms with Crippen LogP contribution in [-0.2, 0) is 4.79 Å². The Kier molecular flexibility index (Phi) is 4.36. The summed E-state index contributed by atoms with van der Waals surface area (Å²) in [4.78, 5) is 11.7. The third-order valence-electron chi connectivity index (χ3n) is 2.68. The second kappa shape index (κ2) is 6.20. The molecule has 1 atom stereocenters. The molecule has 2 N–H and O–H groups in total. The third-order valence-corrected chi connectivity index (χ3v) is 2.93. The van der Waals surface area contributed by atoms with Gasteiger partial charge in [0.1, 0.15) is 0 Å². The van der Waals surface area contributed by atoms with Gasteiger partial charge in [-0.15, -0.1) is 0 Å². The SMILES string of the molecule is CC(NC(=O)/C=C/c1ccc(Cl)cc1)c1cn[nH]c1. The average molecular weight is 276 g/mol. The molecule has 0 saturated carbocycles. The molecule has 0 saturated heterocycles. The summed E-state index contributed by atoms with van der Waals surface area (Å²) in [5.74, 6) is -0.149. The van der Waals surface area contributed by atoms with E-state index >= 15 is 0 Å². The molecule has 0 aliphatic heterocycles. The molecule has 1 aromatic carbocycles. The number of nitrogens with one attached hydrogen (secondary N) is 2. The van der Waals surface area contributed by atoms with Gasteiger partial charge >= 0.3 is 0 Å². The molecule has 0 bridgehead atoms. The minimum atomic E-state index is -0.149. The first-order chi connectivity index (χ1) is 9.15. The lowest BCUT2D eigenvalue weighted by Gasteiger charge is -2.09. The third kappa shape index (κ3) is 3.96. The lowest BCUT2D eigenvalue weighted by atomic mass is 10.2. The highest BCUT2D eigenvalue weighted by Gasteiger charge is 2.07. The number of carbonyl (C=O) groups is 1. The largest absolute Gasteiger partial charge is 0.346 e. The second-order valence-corrected chi connectivity index (χ2v) is 4.58. The molecule has 0 aliphatic rings. The number of nitrogens with zero attached hydrogens (tertiary/aromatic N) is 1. The lowest BCUT2D eigenvalue weighted by Crippen LogP contribution is -2.24. The van der Waals surface area contributed by atoms with Crippen LogP contribution in [0.2, 0.25) is 5.02 Å². The summed E-state index contributed by atoms with van der Waals surface area (Å²) in [5, 5.41) is 10.1. The van der Waals surface area contributed by atoms with E-state index in [0.29, 0.717) is 5.02 Å². The topological polar surface area (TPSA) is 57.8 Å². The molecule has 0 radical (unpaired) electrons. The molecular formula is C14H14ClN3O. The number of hydrogen-bond acceptors (Lipinski definition) is 2. The summed E-state index contributed by atoms with van der Waals surface area (Å²) >= 11 is 5.79. The van der Waals surface area contributed by atoms with Crippen molar-refractivity contribution in [3.05, 3.63) is 58.9 Å². The van der Waals surface area contributed by atoms with Crippen molar-refractivity contribution in [2.45, 2.75) is 13.0 Å². The molecule has 1 unspecified atom stereocenters. The highest BCUT2D eigenvalue weighted by molar-refractivity contribution is 6.30. The first-order valence-corrected chi connectivity index (χ1v) is 6.26. The fraction of sp³-hybridized carbons (Fsp3) is 0.143. The molecule has 0 fully saturated rings. The fourth-order valence-electron chi connectivity index (χ4n) is 1.59. The molecule has 1 heterocycles. The van der Waals surface area contributed by atoms with Crippen molar-refractivity contribution in [3.63, 3.8) is 0 Å². The van der Waals surface area contributed by atoms with Gasteiger partial charge in [0, 0.05) is 22.9 Å². The maximum atomic E-state index is 11.7. The van der Waals surface area contributed by atoms with Gasteiger partial charge in [0.15, 0.2) is 0 Å². The second-order valence-electron chi connectivity index (χ2n) is 4.15. The van der Waals surface area contributed by atoms with E-state index in [4.69, 9.17) is 11.6 Å². The van der Waals surface area contributed by atoms with Crippen molar-refractivity contribution in [1.82, 2.24) is 15.5 Å². The standard InChI is InChI=1S/C14H14ClN3O/c1-10(12-8-16-17-9-12)18-14(19)7-4-11-2-5-13(15)6-3-11/h2-10H,1H3,(H,16,17)(H,18,19)/b7-4+. The fourth-order valence-corrected chi connectivity index (χ4v) is 1.71. The number of aromatic nitrogens is 2. The summed E-state index contributed by atoms with van der Waals surface area (Å²) in [6.45, 7) is 1.90. The Morgan fingerprint density at radius 3 is 2.79 bits per heavy atom. The molecule has 1 amide bonds. The Morgan fingerprint density at radius 2 is 2.16 bits per heavy atom. The zero-order chi connectivity index (χ0) is 13.7. The van der Waals surface area contributed by atoms with Gasteiger partial charge in [-0.3, -0.25) is 9.89 Å². The molecule has 2 aromatic rings. The van der Waals surface area contributed by atoms with Crippen molar-refractivity contribution in [1.29, 1.82) is 0 Å². The number of rotatable bonds is 4. The Bertz CT molecular complexity index is 561. The molecular weight excluding hydrogens is 262 g/mol. The van der Waals surface area contributed by atoms with Gasteiger partial charge in [-0.25, -0.2) is 0 Å². The first-order valence-electron chi connectivity index (χ1n) is 5.88. The molecule has 5 heteroatoms. The average Bonchev–Trinajstić information content (AvgIpc) is 2.92. The summed E-state index contributed by atoms with van der Waals surface area (Å²) in [5.41, 5.74) is 1.86. The van der Waals surface area contributed by atoms with Crippen LogP contribution in [0.4, 0.5) is 0 Å². The van der Waals surface area contributed by atoms with E-state index in [1.165, 1.54) is 6.08 Å². The van der Waals surface area contributed by atoms with Crippen LogP contribution < -0.4 is 5.32 Å². The highest BCUT2D eigenvalue weighted by atomic mass is 35.5. The minimum absolute atomic E-state index is 0.0823. The zero-order valence-corrected chi connectivity index (χ0v) is 11.2. The minimum Gasteiger partial charge on any atom is -0.346 e. The first kappa shape index (κ1) is 13.4. The Labute approximate surface area is 116 Å². The van der Waals surface area contributed by atoms with Crippen molar-refractivity contribution in [2.24, 2.45) is 0 Å². The summed E-state index contributed by atoms with van der Waals surface area (Å²) in [6.07, 6.45) is 6.69. The van der Waals surface area contributed by atoms with Crippen LogP contribution in [-0.4, -0.2) is 16.1 Å². The zero-order valence-electron chi connectivity index (χ0n) is 10.4. The van der Waals surface area contributed by atoms with Crippen LogP contribution in [0.3, 0.4) is 0 Å². The van der Waals surface area contributed by atoms with E-state index in [1.54, 1.807) is 30.6 Å². The number of carbonyl (C=O) groups excluding carboxylic acids is 1. The van der Waals surface area contributed by atoms with Crippen LogP contribution in [0.5, 0.6) is 0 Å². The monoisotopic (exact) mass is 275 g/mol. The van der Waals surface area contributed by atoms with E-state index in [1.807, 2.05) is 19.1 Å². The molecule has 0 spiro atoms. The number of aromatic amines is 1. The summed E-state index contributed by atoms with van der Waals surface area (Å²) < 4.78 is 0. The molecule has 1 aromatic heterocycles. The molecule has 19 heavy (non-hydrogen) atoms. The van der Waals surface area contributed by atoms with Crippen molar-refractivity contribution < 1.29 is 4.79 Å². The van der Waals surface area contributed by atoms with Crippen LogP contribution in [0.25, 0.3) is 6.08 Å². The lowest BCUT2D eigenvalue weighted by molar-refractivity contribution is -0.117. The van der Waals surface area contributed by atoms with Crippen molar-refractivity contribution in [2.75, 3.05) is 0 Å². The molecule has 98 valence electrons. The van der Waals surface area contributed by atoms with E-state index in [2.05, 4.69) is 15.5 Å². The normalized spacial score (nSPS) is 12.5. The van der Waals surface area contributed by atoms with Gasteiger partial charge in [0.05, 0.1) is 12.2 Å². The van der Waals surface area contributed by atoms with Crippen LogP contribution >= 0.6 is 11.6 Å². The smallest absolute Gasteiger partial charge is 0.244 e. The molecule has 2 rings (SSSR count). The Balaban J connectivity index is 1.92. The van der Waals surface area contributed by atoms with Gasteiger partial charge in [-0.2, -0.15) is 5.10 Å². The summed E-state index contributed by atoms with van der Waals surface area (Å²) in [6, 6.07) is 7.19. The van der Waals surface area contributed by atoms with Crippen LogP contribution in [0.1, 0.15) is 24.1 Å². The predicted molar refractivity (Wildman–Crippen MR) is 75.6 cm³/mol. The van der Waals surface area contributed by atoms with Gasteiger partial charge in [0.2, 0.25) is 5.91 Å². The number of halogens is 1. The van der Waals surface area contributed by atoms with E-state index in [-0.39, 0.29) is 11.9 Å². The van der Waals surface area contributed by atoms with Crippen LogP contribution in [0, 0.1) is 0 Å². The van der Waals surface area contributed by atoms with E-state index in [0.717, 1.165) is 11.1 Å². The van der Waals surface area contributed by atoms with Crippen LogP contribution in [0.15, 0.2) is 42.7 Å². The number of hydrogen-bond donors (Lipinski definition) is 2. The highest BCUT2D eigenvalue weighted by Crippen LogP contribution is 2.11. The summed E-state index contributed by atoms with van der Waals surface area (Å²) in [7, 11) is 0. The van der Waals surface area contributed by atoms with Gasteiger partial charge in [0.25, 0.3) is 0 Å². The van der Waals surface area contributed by atoms with Gasteiger partial charge in [-0.05, 0) is 30.7 Å². The van der Waals surface area contributed by atoms with Gasteiger partial charge in [-0.1, -0.05) is 23.7 Å². The predicted octanol–water partition coefficient (Wildman–Crippen LogP) is 2.95. The van der Waals surface area contributed by atoms with Crippen molar-refractivity contribution >= 4 is 23.6 Å². The van der Waals surface area contributed by atoms with Crippen molar-refractivity contribution in [3.8, 4) is 0 Å². The maximum absolute atomic E-state index is 11.7. The van der Waals surface area contributed by atoms with E-state index < -0.39 is 0 Å². The van der Waals surface area contributed by atoms with E-state index in [9.17, 15) is 4.79 Å².